The van der Waals surface area contributed by atoms with Gasteiger partial charge in [0.15, 0.2) is 0 Å². The molecule has 76 valence electrons. The minimum atomic E-state index is 0.835. The van der Waals surface area contributed by atoms with E-state index >= 15 is 0 Å². The van der Waals surface area contributed by atoms with Gasteiger partial charge in [-0.2, -0.15) is 0 Å². The second-order valence-electron chi connectivity index (χ2n) is 3.48. The Hall–Kier alpha value is -1.28. The van der Waals surface area contributed by atoms with E-state index in [4.69, 9.17) is 5.73 Å². The van der Waals surface area contributed by atoms with Gasteiger partial charge in [-0.05, 0) is 39.5 Å². The Morgan fingerprint density at radius 3 is 2.40 bits per heavy atom. The summed E-state index contributed by atoms with van der Waals surface area (Å²) in [5.41, 5.74) is 9.26. The Balaban J connectivity index is 2.29. The van der Waals surface area contributed by atoms with Gasteiger partial charge in [-0.1, -0.05) is 42.5 Å². The van der Waals surface area contributed by atoms with Crippen LogP contribution in [0, 0.1) is 0 Å². The third kappa shape index (κ3) is 2.39. The van der Waals surface area contributed by atoms with Gasteiger partial charge in [-0.3, -0.25) is 0 Å². The molecule has 1 nitrogen and oxygen atoms in total. The SMILES string of the molecule is Nc1c(Br)cccc1Cc1ccccc1. The molecule has 2 N–H and O–H groups in total. The molecule has 0 aromatic heterocycles. The minimum Gasteiger partial charge on any atom is -0.398 e. The van der Waals surface area contributed by atoms with E-state index < -0.39 is 0 Å². The number of rotatable bonds is 2. The first-order valence-corrected chi connectivity index (χ1v) is 5.63. The molecule has 0 atom stereocenters. The van der Waals surface area contributed by atoms with E-state index in [1.54, 1.807) is 0 Å². The zero-order chi connectivity index (χ0) is 10.7. The van der Waals surface area contributed by atoms with Gasteiger partial charge in [0.2, 0.25) is 0 Å². The Morgan fingerprint density at radius 2 is 1.67 bits per heavy atom. The van der Waals surface area contributed by atoms with Crippen LogP contribution in [-0.4, -0.2) is 0 Å². The fourth-order valence-electron chi connectivity index (χ4n) is 1.55. The number of hydrogen-bond donors (Lipinski definition) is 1. The molecular formula is C13H12BrN. The maximum absolute atomic E-state index is 5.98. The van der Waals surface area contributed by atoms with Crippen LogP contribution < -0.4 is 5.73 Å². The fourth-order valence-corrected chi connectivity index (χ4v) is 1.96. The van der Waals surface area contributed by atoms with E-state index in [-0.39, 0.29) is 0 Å². The molecule has 2 aromatic carbocycles. The number of para-hydroxylation sites is 1. The molecule has 0 saturated carbocycles. The van der Waals surface area contributed by atoms with Crippen LogP contribution >= 0.6 is 15.9 Å². The molecule has 0 amide bonds. The zero-order valence-corrected chi connectivity index (χ0v) is 9.87. The molecule has 2 aromatic rings. The molecule has 0 radical (unpaired) electrons. The maximum Gasteiger partial charge on any atom is 0.0494 e. The minimum absolute atomic E-state index is 0.835. The molecule has 0 unspecified atom stereocenters. The van der Waals surface area contributed by atoms with Crippen LogP contribution in [0.15, 0.2) is 53.0 Å². The summed E-state index contributed by atoms with van der Waals surface area (Å²) in [6.07, 6.45) is 0.881. The van der Waals surface area contributed by atoms with Gasteiger partial charge in [0.1, 0.15) is 0 Å². The number of nitrogens with two attached hydrogens (primary N) is 1. The Morgan fingerprint density at radius 1 is 0.933 bits per heavy atom. The Labute approximate surface area is 98.1 Å². The first-order valence-electron chi connectivity index (χ1n) is 4.84. The molecule has 0 aliphatic rings. The van der Waals surface area contributed by atoms with Crippen molar-refractivity contribution in [2.75, 3.05) is 5.73 Å². The highest BCUT2D eigenvalue weighted by Crippen LogP contribution is 2.24. The van der Waals surface area contributed by atoms with Gasteiger partial charge in [0, 0.05) is 10.2 Å². The second kappa shape index (κ2) is 4.49. The molecule has 0 fully saturated rings. The van der Waals surface area contributed by atoms with Crippen LogP contribution in [0.5, 0.6) is 0 Å². The smallest absolute Gasteiger partial charge is 0.0494 e. The number of hydrogen-bond acceptors (Lipinski definition) is 1. The average Bonchev–Trinajstić information content (AvgIpc) is 2.26. The van der Waals surface area contributed by atoms with E-state index in [9.17, 15) is 0 Å². The lowest BCUT2D eigenvalue weighted by molar-refractivity contribution is 1.19. The van der Waals surface area contributed by atoms with Gasteiger partial charge in [0.05, 0.1) is 0 Å². The molecule has 0 saturated heterocycles. The highest BCUT2D eigenvalue weighted by Gasteiger charge is 2.02. The molecule has 15 heavy (non-hydrogen) atoms. The summed E-state index contributed by atoms with van der Waals surface area (Å²) in [7, 11) is 0. The van der Waals surface area contributed by atoms with Crippen molar-refractivity contribution in [1.82, 2.24) is 0 Å². The van der Waals surface area contributed by atoms with E-state index in [0.29, 0.717) is 0 Å². The number of benzene rings is 2. The van der Waals surface area contributed by atoms with Crippen molar-refractivity contribution in [3.63, 3.8) is 0 Å². The van der Waals surface area contributed by atoms with Gasteiger partial charge in [-0.15, -0.1) is 0 Å². The summed E-state index contributed by atoms with van der Waals surface area (Å²) in [5.74, 6) is 0. The van der Waals surface area contributed by atoms with E-state index in [2.05, 4.69) is 34.1 Å². The molecule has 0 spiro atoms. The molecule has 0 heterocycles. The van der Waals surface area contributed by atoms with Gasteiger partial charge >= 0.3 is 0 Å². The molecule has 2 heteroatoms. The lowest BCUT2D eigenvalue weighted by Gasteiger charge is -2.07. The monoisotopic (exact) mass is 261 g/mol. The lowest BCUT2D eigenvalue weighted by Crippen LogP contribution is -1.96. The number of halogens is 1. The van der Waals surface area contributed by atoms with E-state index in [1.165, 1.54) is 5.56 Å². The summed E-state index contributed by atoms with van der Waals surface area (Å²) >= 11 is 3.43. The lowest BCUT2D eigenvalue weighted by atomic mass is 10.0. The first kappa shape index (κ1) is 10.2. The number of nitrogen functional groups attached to an aromatic ring is 1. The van der Waals surface area contributed by atoms with Crippen molar-refractivity contribution >= 4 is 21.6 Å². The van der Waals surface area contributed by atoms with Gasteiger partial charge < -0.3 is 5.73 Å². The molecule has 0 aliphatic carbocycles. The quantitative estimate of drug-likeness (QED) is 0.822. The first-order chi connectivity index (χ1) is 7.27. The maximum atomic E-state index is 5.98. The zero-order valence-electron chi connectivity index (χ0n) is 8.28. The summed E-state index contributed by atoms with van der Waals surface area (Å²) < 4.78 is 0.968. The van der Waals surface area contributed by atoms with Gasteiger partial charge in [-0.25, -0.2) is 0 Å². The van der Waals surface area contributed by atoms with Crippen molar-refractivity contribution in [1.29, 1.82) is 0 Å². The normalized spacial score (nSPS) is 10.2. The van der Waals surface area contributed by atoms with Crippen LogP contribution in [0.25, 0.3) is 0 Å². The predicted molar refractivity (Wildman–Crippen MR) is 67.8 cm³/mol. The van der Waals surface area contributed by atoms with E-state index in [0.717, 1.165) is 22.1 Å². The Bertz CT molecular complexity index is 451. The van der Waals surface area contributed by atoms with Crippen LogP contribution in [0.1, 0.15) is 11.1 Å². The third-order valence-corrected chi connectivity index (χ3v) is 3.07. The van der Waals surface area contributed by atoms with Crippen LogP contribution in [0.3, 0.4) is 0 Å². The van der Waals surface area contributed by atoms with E-state index in [1.807, 2.05) is 30.3 Å². The van der Waals surface area contributed by atoms with Crippen molar-refractivity contribution in [2.45, 2.75) is 6.42 Å². The van der Waals surface area contributed by atoms with Crippen molar-refractivity contribution < 1.29 is 0 Å². The molecular weight excluding hydrogens is 250 g/mol. The van der Waals surface area contributed by atoms with Crippen molar-refractivity contribution in [3.8, 4) is 0 Å². The predicted octanol–water partition coefficient (Wildman–Crippen LogP) is 3.62. The average molecular weight is 262 g/mol. The largest absolute Gasteiger partial charge is 0.398 e. The van der Waals surface area contributed by atoms with Crippen LogP contribution in [0.2, 0.25) is 0 Å². The molecule has 0 bridgehead atoms. The third-order valence-electron chi connectivity index (χ3n) is 2.38. The summed E-state index contributed by atoms with van der Waals surface area (Å²) in [6, 6.07) is 16.4. The standard InChI is InChI=1S/C13H12BrN/c14-12-8-4-7-11(13(12)15)9-10-5-2-1-3-6-10/h1-8H,9,15H2. The summed E-state index contributed by atoms with van der Waals surface area (Å²) in [4.78, 5) is 0. The Kier molecular flexibility index (Phi) is 3.07. The second-order valence-corrected chi connectivity index (χ2v) is 4.33. The van der Waals surface area contributed by atoms with Crippen molar-refractivity contribution in [2.24, 2.45) is 0 Å². The van der Waals surface area contributed by atoms with Crippen LogP contribution in [0.4, 0.5) is 5.69 Å². The topological polar surface area (TPSA) is 26.0 Å². The van der Waals surface area contributed by atoms with Gasteiger partial charge in [0.25, 0.3) is 0 Å². The summed E-state index contributed by atoms with van der Waals surface area (Å²) in [6.45, 7) is 0. The number of anilines is 1. The summed E-state index contributed by atoms with van der Waals surface area (Å²) in [5, 5.41) is 0. The van der Waals surface area contributed by atoms with Crippen LogP contribution in [-0.2, 0) is 6.42 Å². The van der Waals surface area contributed by atoms with Crippen molar-refractivity contribution in [3.05, 3.63) is 64.1 Å². The fraction of sp³-hybridized carbons (Fsp3) is 0.0769. The highest BCUT2D eigenvalue weighted by atomic mass is 79.9. The molecule has 2 rings (SSSR count). The molecule has 0 aliphatic heterocycles. The highest BCUT2D eigenvalue weighted by molar-refractivity contribution is 9.10.